The molecule has 0 radical (unpaired) electrons. The number of nitriles is 1. The number of hydrogen-bond donors (Lipinski definition) is 1. The van der Waals surface area contributed by atoms with Gasteiger partial charge in [0.25, 0.3) is 0 Å². The minimum absolute atomic E-state index is 0.00188. The van der Waals surface area contributed by atoms with Crippen molar-refractivity contribution >= 4 is 23.2 Å². The SMILES string of the molecule is N#CC1CN(c2ccc(-c3cccc4nc(NC(=O)C5CC5)nn34)cc2)C1. The number of aromatic nitrogens is 3. The number of pyridine rings is 1. The van der Waals surface area contributed by atoms with Gasteiger partial charge in [0.1, 0.15) is 0 Å². The van der Waals surface area contributed by atoms with Crippen molar-refractivity contribution in [3.05, 3.63) is 42.5 Å². The quantitative estimate of drug-likeness (QED) is 0.775. The van der Waals surface area contributed by atoms with Gasteiger partial charge in [0.2, 0.25) is 11.9 Å². The first kappa shape index (κ1) is 15.8. The van der Waals surface area contributed by atoms with Crippen LogP contribution >= 0.6 is 0 Å². The molecule has 0 atom stereocenters. The highest BCUT2D eigenvalue weighted by molar-refractivity contribution is 5.92. The zero-order valence-corrected chi connectivity index (χ0v) is 14.7. The van der Waals surface area contributed by atoms with Crippen LogP contribution in [0.1, 0.15) is 12.8 Å². The summed E-state index contributed by atoms with van der Waals surface area (Å²) in [5.74, 6) is 0.602. The van der Waals surface area contributed by atoms with Gasteiger partial charge in [0, 0.05) is 30.3 Å². The van der Waals surface area contributed by atoms with Crippen LogP contribution in [-0.4, -0.2) is 33.6 Å². The third-order valence-electron chi connectivity index (χ3n) is 5.14. The molecule has 2 aliphatic rings. The molecular formula is C20H18N6O. The number of benzene rings is 1. The molecule has 7 heteroatoms. The fourth-order valence-electron chi connectivity index (χ4n) is 3.35. The Balaban J connectivity index is 1.41. The van der Waals surface area contributed by atoms with E-state index in [1.165, 1.54) is 0 Å². The third kappa shape index (κ3) is 2.89. The number of hydrogen-bond acceptors (Lipinski definition) is 5. The number of carbonyl (C=O) groups excluding carboxylic acids is 1. The summed E-state index contributed by atoms with van der Waals surface area (Å²) in [6, 6.07) is 16.3. The molecule has 27 heavy (non-hydrogen) atoms. The van der Waals surface area contributed by atoms with Crippen molar-refractivity contribution in [1.29, 1.82) is 5.26 Å². The summed E-state index contributed by atoms with van der Waals surface area (Å²) in [6.45, 7) is 1.58. The first-order valence-corrected chi connectivity index (χ1v) is 9.13. The zero-order chi connectivity index (χ0) is 18.4. The lowest BCUT2D eigenvalue weighted by Crippen LogP contribution is -2.45. The standard InChI is InChI=1S/C20H18N6O/c21-10-13-11-25(12-13)16-8-6-14(7-9-16)17-2-1-3-18-22-20(24-26(17)18)23-19(27)15-4-5-15/h1-3,6-9,13,15H,4-5,11-12H2,(H,23,24,27). The highest BCUT2D eigenvalue weighted by atomic mass is 16.2. The van der Waals surface area contributed by atoms with Crippen LogP contribution in [-0.2, 0) is 4.79 Å². The molecule has 134 valence electrons. The Bertz CT molecular complexity index is 1050. The fourth-order valence-corrected chi connectivity index (χ4v) is 3.35. The zero-order valence-electron chi connectivity index (χ0n) is 14.7. The van der Waals surface area contributed by atoms with Crippen molar-refractivity contribution in [3.63, 3.8) is 0 Å². The van der Waals surface area contributed by atoms with E-state index in [1.54, 1.807) is 4.52 Å². The summed E-state index contributed by atoms with van der Waals surface area (Å²) >= 11 is 0. The predicted octanol–water partition coefficient (Wildman–Crippen LogP) is 2.70. The Morgan fingerprint density at radius 1 is 1.15 bits per heavy atom. The van der Waals surface area contributed by atoms with Crippen LogP contribution in [0.4, 0.5) is 11.6 Å². The molecule has 1 saturated heterocycles. The van der Waals surface area contributed by atoms with Gasteiger partial charge in [0.05, 0.1) is 17.7 Å². The Labute approximate surface area is 156 Å². The van der Waals surface area contributed by atoms with Gasteiger partial charge in [-0.05, 0) is 37.1 Å². The molecule has 0 spiro atoms. The highest BCUT2D eigenvalue weighted by Gasteiger charge is 2.30. The van der Waals surface area contributed by atoms with Crippen LogP contribution < -0.4 is 10.2 Å². The molecule has 0 bridgehead atoms. The minimum atomic E-state index is 0.00188. The second-order valence-electron chi connectivity index (χ2n) is 7.16. The van der Waals surface area contributed by atoms with E-state index in [-0.39, 0.29) is 17.7 Å². The maximum atomic E-state index is 12.0. The topological polar surface area (TPSA) is 86.3 Å². The average molecular weight is 358 g/mol. The van der Waals surface area contributed by atoms with E-state index in [1.807, 2.05) is 30.3 Å². The van der Waals surface area contributed by atoms with Gasteiger partial charge in [0.15, 0.2) is 5.65 Å². The second-order valence-corrected chi connectivity index (χ2v) is 7.16. The van der Waals surface area contributed by atoms with E-state index in [0.29, 0.717) is 11.6 Å². The first-order chi connectivity index (χ1) is 13.2. The molecule has 1 aliphatic heterocycles. The van der Waals surface area contributed by atoms with Gasteiger partial charge < -0.3 is 4.90 Å². The highest BCUT2D eigenvalue weighted by Crippen LogP contribution is 2.30. The number of rotatable bonds is 4. The first-order valence-electron chi connectivity index (χ1n) is 9.13. The van der Waals surface area contributed by atoms with E-state index >= 15 is 0 Å². The van der Waals surface area contributed by atoms with Crippen molar-refractivity contribution in [1.82, 2.24) is 14.6 Å². The van der Waals surface area contributed by atoms with Crippen molar-refractivity contribution in [2.24, 2.45) is 11.8 Å². The monoisotopic (exact) mass is 358 g/mol. The molecule has 1 aliphatic carbocycles. The number of nitrogens with one attached hydrogen (secondary N) is 1. The molecule has 2 aromatic heterocycles. The molecular weight excluding hydrogens is 340 g/mol. The van der Waals surface area contributed by atoms with Crippen molar-refractivity contribution < 1.29 is 4.79 Å². The summed E-state index contributed by atoms with van der Waals surface area (Å²) in [6.07, 6.45) is 1.89. The summed E-state index contributed by atoms with van der Waals surface area (Å²) in [4.78, 5) is 18.6. The van der Waals surface area contributed by atoms with Gasteiger partial charge in [-0.2, -0.15) is 10.2 Å². The Hall–Kier alpha value is -3.40. The number of anilines is 2. The predicted molar refractivity (Wildman–Crippen MR) is 101 cm³/mol. The number of amides is 1. The van der Waals surface area contributed by atoms with E-state index < -0.39 is 0 Å². The molecule has 3 heterocycles. The Morgan fingerprint density at radius 2 is 1.93 bits per heavy atom. The van der Waals surface area contributed by atoms with E-state index in [0.717, 1.165) is 42.9 Å². The molecule has 7 nitrogen and oxygen atoms in total. The maximum Gasteiger partial charge on any atom is 0.249 e. The molecule has 3 aromatic rings. The van der Waals surface area contributed by atoms with Gasteiger partial charge in [-0.15, -0.1) is 5.10 Å². The summed E-state index contributed by atoms with van der Waals surface area (Å²) in [5, 5.41) is 16.2. The lowest BCUT2D eigenvalue weighted by Gasteiger charge is -2.37. The molecule has 2 fully saturated rings. The Kier molecular flexibility index (Phi) is 3.57. The van der Waals surface area contributed by atoms with Crippen LogP contribution in [0.25, 0.3) is 16.9 Å². The minimum Gasteiger partial charge on any atom is -0.369 e. The van der Waals surface area contributed by atoms with Crippen LogP contribution in [0.2, 0.25) is 0 Å². The molecule has 1 aromatic carbocycles. The third-order valence-corrected chi connectivity index (χ3v) is 5.14. The van der Waals surface area contributed by atoms with Crippen molar-refractivity contribution in [3.8, 4) is 17.3 Å². The Morgan fingerprint density at radius 3 is 2.63 bits per heavy atom. The van der Waals surface area contributed by atoms with E-state index in [2.05, 4.69) is 38.5 Å². The molecule has 1 amide bonds. The summed E-state index contributed by atoms with van der Waals surface area (Å²) in [5.41, 5.74) is 3.75. The summed E-state index contributed by atoms with van der Waals surface area (Å²) in [7, 11) is 0. The van der Waals surface area contributed by atoms with Crippen molar-refractivity contribution in [2.75, 3.05) is 23.3 Å². The number of carbonyl (C=O) groups is 1. The molecule has 5 rings (SSSR count). The fraction of sp³-hybridized carbons (Fsp3) is 0.300. The van der Waals surface area contributed by atoms with Gasteiger partial charge in [-0.1, -0.05) is 18.2 Å². The smallest absolute Gasteiger partial charge is 0.249 e. The summed E-state index contributed by atoms with van der Waals surface area (Å²) < 4.78 is 1.76. The molecule has 1 N–H and O–H groups in total. The lowest BCUT2D eigenvalue weighted by molar-refractivity contribution is -0.117. The number of nitrogens with zero attached hydrogens (tertiary/aromatic N) is 5. The average Bonchev–Trinajstić information content (AvgIpc) is 3.41. The molecule has 0 unspecified atom stereocenters. The lowest BCUT2D eigenvalue weighted by atomic mass is 10.0. The van der Waals surface area contributed by atoms with E-state index in [9.17, 15) is 4.79 Å². The van der Waals surface area contributed by atoms with Crippen LogP contribution in [0, 0.1) is 23.2 Å². The van der Waals surface area contributed by atoms with Crippen LogP contribution in [0.5, 0.6) is 0 Å². The number of fused-ring (bicyclic) bond motifs is 1. The van der Waals surface area contributed by atoms with E-state index in [4.69, 9.17) is 5.26 Å². The van der Waals surface area contributed by atoms with Gasteiger partial charge >= 0.3 is 0 Å². The van der Waals surface area contributed by atoms with Gasteiger partial charge in [-0.25, -0.2) is 4.52 Å². The maximum absolute atomic E-state index is 12.0. The van der Waals surface area contributed by atoms with Crippen molar-refractivity contribution in [2.45, 2.75) is 12.8 Å². The normalized spacial score (nSPS) is 16.8. The second kappa shape index (κ2) is 6.09. The van der Waals surface area contributed by atoms with Crippen LogP contribution in [0.3, 0.4) is 0 Å². The largest absolute Gasteiger partial charge is 0.369 e. The van der Waals surface area contributed by atoms with Crippen LogP contribution in [0.15, 0.2) is 42.5 Å². The molecule has 1 saturated carbocycles. The van der Waals surface area contributed by atoms with Gasteiger partial charge in [-0.3, -0.25) is 10.1 Å².